The minimum atomic E-state index is 0.166. The monoisotopic (exact) mass is 253 g/mol. The number of aliphatic hydroxyl groups excluding tert-OH is 1. The van der Waals surface area contributed by atoms with E-state index in [1.165, 1.54) is 10.6 Å². The molecular formula is C12H19N3OS. The summed E-state index contributed by atoms with van der Waals surface area (Å²) in [7, 11) is 0. The summed E-state index contributed by atoms with van der Waals surface area (Å²) in [4.78, 5) is 6.86. The summed E-state index contributed by atoms with van der Waals surface area (Å²) in [6.07, 6.45) is 3.05. The number of imidazole rings is 1. The Morgan fingerprint density at radius 1 is 1.53 bits per heavy atom. The van der Waals surface area contributed by atoms with Gasteiger partial charge in [-0.25, -0.2) is 4.98 Å². The topological polar surface area (TPSA) is 49.6 Å². The number of nitrogens with one attached hydrogen (secondary N) is 1. The first-order chi connectivity index (χ1) is 8.15. The summed E-state index contributed by atoms with van der Waals surface area (Å²) < 4.78 is 2.15. The highest BCUT2D eigenvalue weighted by Crippen LogP contribution is 2.20. The minimum absolute atomic E-state index is 0.166. The van der Waals surface area contributed by atoms with Gasteiger partial charge in [0.25, 0.3) is 0 Å². The number of nitrogens with zero attached hydrogens (tertiary/aromatic N) is 2. The molecule has 0 spiro atoms. The van der Waals surface area contributed by atoms with Crippen LogP contribution in [0.5, 0.6) is 0 Å². The molecule has 0 saturated heterocycles. The summed E-state index contributed by atoms with van der Waals surface area (Å²) in [6.45, 7) is 7.13. The molecular weight excluding hydrogens is 234 g/mol. The standard InChI is InChI=1S/C12H19N3OS/c1-4-10(7-16)13-5-11-9(3)14-12-15(11)6-8(2)17-12/h6,10,13,16H,4-5,7H2,1-3H3/t10-/m1/s1. The highest BCUT2D eigenvalue weighted by atomic mass is 32.1. The van der Waals surface area contributed by atoms with Crippen LogP contribution in [-0.4, -0.2) is 27.1 Å². The zero-order chi connectivity index (χ0) is 12.4. The smallest absolute Gasteiger partial charge is 0.194 e. The quantitative estimate of drug-likeness (QED) is 0.855. The van der Waals surface area contributed by atoms with Crippen LogP contribution in [0.2, 0.25) is 0 Å². The Balaban J connectivity index is 2.19. The van der Waals surface area contributed by atoms with E-state index in [1.807, 2.05) is 6.92 Å². The number of hydrogen-bond acceptors (Lipinski definition) is 4. The third kappa shape index (κ3) is 2.51. The maximum Gasteiger partial charge on any atom is 0.194 e. The van der Waals surface area contributed by atoms with E-state index in [0.29, 0.717) is 0 Å². The first-order valence-corrected chi connectivity index (χ1v) is 6.75. The zero-order valence-electron chi connectivity index (χ0n) is 10.5. The van der Waals surface area contributed by atoms with Gasteiger partial charge in [0, 0.05) is 23.7 Å². The molecule has 0 unspecified atom stereocenters. The first kappa shape index (κ1) is 12.5. The molecule has 0 saturated carbocycles. The Bertz CT molecular complexity index is 499. The van der Waals surface area contributed by atoms with E-state index in [-0.39, 0.29) is 12.6 Å². The van der Waals surface area contributed by atoms with Crippen LogP contribution in [0.4, 0.5) is 0 Å². The molecule has 0 fully saturated rings. The van der Waals surface area contributed by atoms with Crippen molar-refractivity contribution in [3.05, 3.63) is 22.5 Å². The molecule has 0 aliphatic carbocycles. The summed E-state index contributed by atoms with van der Waals surface area (Å²) in [5.41, 5.74) is 2.26. The maximum absolute atomic E-state index is 9.16. The molecule has 2 aromatic heterocycles. The van der Waals surface area contributed by atoms with E-state index in [9.17, 15) is 0 Å². The van der Waals surface area contributed by atoms with Gasteiger partial charge in [0.05, 0.1) is 18.0 Å². The molecule has 2 rings (SSSR count). The molecule has 2 heterocycles. The van der Waals surface area contributed by atoms with Crippen LogP contribution < -0.4 is 5.32 Å². The van der Waals surface area contributed by atoms with Crippen molar-refractivity contribution in [3.8, 4) is 0 Å². The fourth-order valence-corrected chi connectivity index (χ4v) is 2.79. The molecule has 4 nitrogen and oxygen atoms in total. The van der Waals surface area contributed by atoms with Gasteiger partial charge in [0.2, 0.25) is 0 Å². The molecule has 0 aromatic carbocycles. The second-order valence-corrected chi connectivity index (χ2v) is 5.52. The fourth-order valence-electron chi connectivity index (χ4n) is 1.90. The average Bonchev–Trinajstić information content (AvgIpc) is 2.77. The van der Waals surface area contributed by atoms with Crippen molar-refractivity contribution in [2.45, 2.75) is 39.8 Å². The summed E-state index contributed by atoms with van der Waals surface area (Å²) in [5, 5.41) is 12.5. The lowest BCUT2D eigenvalue weighted by atomic mass is 10.2. The van der Waals surface area contributed by atoms with Gasteiger partial charge in [-0.15, -0.1) is 11.3 Å². The lowest BCUT2D eigenvalue weighted by molar-refractivity contribution is 0.238. The molecule has 0 bridgehead atoms. The van der Waals surface area contributed by atoms with Gasteiger partial charge in [-0.3, -0.25) is 4.40 Å². The third-order valence-electron chi connectivity index (χ3n) is 3.01. The molecule has 0 aliphatic heterocycles. The lowest BCUT2D eigenvalue weighted by Gasteiger charge is -2.13. The molecule has 0 radical (unpaired) electrons. The first-order valence-electron chi connectivity index (χ1n) is 5.94. The molecule has 0 amide bonds. The van der Waals surface area contributed by atoms with E-state index >= 15 is 0 Å². The van der Waals surface area contributed by atoms with E-state index in [1.54, 1.807) is 11.3 Å². The highest BCUT2D eigenvalue weighted by molar-refractivity contribution is 7.17. The van der Waals surface area contributed by atoms with Gasteiger partial charge in [0.15, 0.2) is 4.96 Å². The molecule has 1 atom stereocenters. The fraction of sp³-hybridized carbons (Fsp3) is 0.583. The van der Waals surface area contributed by atoms with Crippen LogP contribution >= 0.6 is 11.3 Å². The number of aromatic nitrogens is 2. The van der Waals surface area contributed by atoms with E-state index < -0.39 is 0 Å². The van der Waals surface area contributed by atoms with Crippen molar-refractivity contribution < 1.29 is 5.11 Å². The zero-order valence-corrected chi connectivity index (χ0v) is 11.3. The summed E-state index contributed by atoms with van der Waals surface area (Å²) >= 11 is 1.71. The van der Waals surface area contributed by atoms with Crippen molar-refractivity contribution in [1.82, 2.24) is 14.7 Å². The van der Waals surface area contributed by atoms with Crippen LogP contribution in [0.3, 0.4) is 0 Å². The van der Waals surface area contributed by atoms with Gasteiger partial charge in [-0.2, -0.15) is 0 Å². The Hall–Kier alpha value is -0.910. The van der Waals surface area contributed by atoms with Crippen molar-refractivity contribution in [2.75, 3.05) is 6.61 Å². The number of fused-ring (bicyclic) bond motifs is 1. The second kappa shape index (κ2) is 5.16. The number of hydrogen-bond donors (Lipinski definition) is 2. The average molecular weight is 253 g/mol. The van der Waals surface area contributed by atoms with Crippen LogP contribution in [-0.2, 0) is 6.54 Å². The second-order valence-electron chi connectivity index (χ2n) is 4.31. The van der Waals surface area contributed by atoms with Crippen molar-refractivity contribution in [1.29, 1.82) is 0 Å². The number of thiazole rings is 1. The van der Waals surface area contributed by atoms with E-state index in [2.05, 4.69) is 34.7 Å². The molecule has 2 aromatic rings. The van der Waals surface area contributed by atoms with Crippen molar-refractivity contribution in [3.63, 3.8) is 0 Å². The number of aryl methyl sites for hydroxylation is 2. The SMILES string of the molecule is CC[C@H](CO)NCc1c(C)nc2sc(C)cn12. The predicted octanol–water partition coefficient (Wildman–Crippen LogP) is 1.87. The molecule has 0 aliphatic rings. The van der Waals surface area contributed by atoms with Gasteiger partial charge >= 0.3 is 0 Å². The van der Waals surface area contributed by atoms with E-state index in [0.717, 1.165) is 23.6 Å². The minimum Gasteiger partial charge on any atom is -0.395 e. The Kier molecular flexibility index (Phi) is 3.81. The maximum atomic E-state index is 9.16. The number of aliphatic hydroxyl groups is 1. The molecule has 2 N–H and O–H groups in total. The predicted molar refractivity (Wildman–Crippen MR) is 70.5 cm³/mol. The van der Waals surface area contributed by atoms with Crippen LogP contribution in [0.1, 0.15) is 29.6 Å². The van der Waals surface area contributed by atoms with Gasteiger partial charge in [-0.05, 0) is 20.3 Å². The van der Waals surface area contributed by atoms with Crippen LogP contribution in [0, 0.1) is 13.8 Å². The van der Waals surface area contributed by atoms with E-state index in [4.69, 9.17) is 5.11 Å². The summed E-state index contributed by atoms with van der Waals surface area (Å²) in [5.74, 6) is 0. The lowest BCUT2D eigenvalue weighted by Crippen LogP contribution is -2.31. The van der Waals surface area contributed by atoms with Crippen molar-refractivity contribution >= 4 is 16.3 Å². The summed E-state index contributed by atoms with van der Waals surface area (Å²) in [6, 6.07) is 0.166. The van der Waals surface area contributed by atoms with Crippen LogP contribution in [0.25, 0.3) is 4.96 Å². The molecule has 94 valence electrons. The van der Waals surface area contributed by atoms with Crippen LogP contribution in [0.15, 0.2) is 6.20 Å². The highest BCUT2D eigenvalue weighted by Gasteiger charge is 2.12. The van der Waals surface area contributed by atoms with Crippen molar-refractivity contribution in [2.24, 2.45) is 0 Å². The Labute approximate surface area is 105 Å². The molecule has 17 heavy (non-hydrogen) atoms. The third-order valence-corrected chi connectivity index (χ3v) is 3.91. The Morgan fingerprint density at radius 2 is 2.29 bits per heavy atom. The number of rotatable bonds is 5. The largest absolute Gasteiger partial charge is 0.395 e. The van der Waals surface area contributed by atoms with Gasteiger partial charge in [0.1, 0.15) is 0 Å². The van der Waals surface area contributed by atoms with Gasteiger partial charge in [-0.1, -0.05) is 6.92 Å². The Morgan fingerprint density at radius 3 is 2.94 bits per heavy atom. The molecule has 5 heteroatoms. The normalized spacial score (nSPS) is 13.4. The van der Waals surface area contributed by atoms with Gasteiger partial charge < -0.3 is 10.4 Å².